The van der Waals surface area contributed by atoms with Crippen molar-refractivity contribution in [1.82, 2.24) is 0 Å². The Hall–Kier alpha value is -3.27. The van der Waals surface area contributed by atoms with Gasteiger partial charge in [0.2, 0.25) is 0 Å². The molecule has 0 saturated carbocycles. The molecule has 0 aliphatic heterocycles. The van der Waals surface area contributed by atoms with Crippen LogP contribution in [0.3, 0.4) is 0 Å². The number of hydrogen-bond acceptors (Lipinski definition) is 6. The second-order valence-corrected chi connectivity index (χ2v) is 21.6. The molecule has 0 heterocycles. The molecule has 0 aromatic heterocycles. The van der Waals surface area contributed by atoms with E-state index in [1.165, 1.54) is 7.11 Å². The van der Waals surface area contributed by atoms with Gasteiger partial charge in [-0.3, -0.25) is 9.59 Å². The molecule has 0 amide bonds. The number of aliphatic carboxylic acids is 1. The molecule has 2 atom stereocenters. The van der Waals surface area contributed by atoms with Crippen molar-refractivity contribution in [3.63, 3.8) is 0 Å². The molecule has 7 nitrogen and oxygen atoms in total. The molecule has 48 heavy (non-hydrogen) atoms. The fraction of sp³-hybridized carbons (Fsp3) is 0.487. The lowest BCUT2D eigenvalue weighted by Crippen LogP contribution is -2.66. The fourth-order valence-corrected chi connectivity index (χ4v) is 13.3. The van der Waals surface area contributed by atoms with Crippen LogP contribution in [0.5, 0.6) is 0 Å². The maximum atomic E-state index is 13.5. The third-order valence-corrected chi connectivity index (χ3v) is 16.5. The van der Waals surface area contributed by atoms with Crippen LogP contribution in [0.2, 0.25) is 5.04 Å². The number of methoxy groups -OCH3 is 1. The van der Waals surface area contributed by atoms with Crippen LogP contribution >= 0.6 is 0 Å². The summed E-state index contributed by atoms with van der Waals surface area (Å²) in [6.07, 6.45) is 1.87. The van der Waals surface area contributed by atoms with Gasteiger partial charge in [-0.25, -0.2) is 8.42 Å². The summed E-state index contributed by atoms with van der Waals surface area (Å²) in [6.45, 7) is 14.0. The van der Waals surface area contributed by atoms with Crippen LogP contribution in [0.1, 0.15) is 78.9 Å². The number of ether oxygens (including phenoxy) is 1. The van der Waals surface area contributed by atoms with Crippen molar-refractivity contribution in [2.45, 2.75) is 84.6 Å². The first-order valence-electron chi connectivity index (χ1n) is 16.7. The molecule has 0 fully saturated rings. The van der Waals surface area contributed by atoms with Gasteiger partial charge < -0.3 is 14.3 Å². The molecule has 0 radical (unpaired) electrons. The highest BCUT2D eigenvalue weighted by molar-refractivity contribution is 7.91. The molecule has 3 aromatic carbocycles. The number of carboxylic acid groups (broad SMARTS) is 1. The van der Waals surface area contributed by atoms with Gasteiger partial charge in [-0.1, -0.05) is 133 Å². The maximum Gasteiger partial charge on any atom is 0.313 e. The Morgan fingerprint density at radius 1 is 0.833 bits per heavy atom. The van der Waals surface area contributed by atoms with Gasteiger partial charge in [-0.2, -0.15) is 0 Å². The number of carboxylic acids is 1. The van der Waals surface area contributed by atoms with E-state index in [0.29, 0.717) is 31.2 Å². The smallest absolute Gasteiger partial charge is 0.313 e. The highest BCUT2D eigenvalue weighted by Crippen LogP contribution is 2.37. The summed E-state index contributed by atoms with van der Waals surface area (Å²) < 4.78 is 38.8. The SMILES string of the molecule is COC(=O)[C@H](C)Cc1cccc(C(C)(CCCC(C)(C)CS(=O)(=O)CCO[Si](c2ccccc2)(c2ccccc2)C(C)(C)C)C(=O)O)c1. The number of carbonyl (C=O) groups excluding carboxylic acids is 1. The van der Waals surface area contributed by atoms with Crippen molar-refractivity contribution in [2.75, 3.05) is 25.2 Å². The summed E-state index contributed by atoms with van der Waals surface area (Å²) in [7, 11) is -4.99. The van der Waals surface area contributed by atoms with Crippen molar-refractivity contribution in [2.24, 2.45) is 11.3 Å². The van der Waals surface area contributed by atoms with Crippen LogP contribution in [-0.2, 0) is 40.4 Å². The summed E-state index contributed by atoms with van der Waals surface area (Å²) in [4.78, 5) is 24.5. The first-order valence-corrected chi connectivity index (χ1v) is 20.5. The van der Waals surface area contributed by atoms with E-state index in [1.807, 2.05) is 74.5 Å². The van der Waals surface area contributed by atoms with Crippen LogP contribution in [0.15, 0.2) is 84.9 Å². The largest absolute Gasteiger partial charge is 0.481 e. The van der Waals surface area contributed by atoms with E-state index in [0.717, 1.165) is 15.9 Å². The van der Waals surface area contributed by atoms with Gasteiger partial charge >= 0.3 is 11.9 Å². The van der Waals surface area contributed by atoms with Crippen LogP contribution in [0.25, 0.3) is 0 Å². The Balaban J connectivity index is 1.70. The summed E-state index contributed by atoms with van der Waals surface area (Å²) >= 11 is 0. The molecule has 1 unspecified atom stereocenters. The average Bonchev–Trinajstić information content (AvgIpc) is 3.02. The molecule has 1 N–H and O–H groups in total. The van der Waals surface area contributed by atoms with E-state index in [-0.39, 0.29) is 35.0 Å². The predicted octanol–water partition coefficient (Wildman–Crippen LogP) is 6.57. The van der Waals surface area contributed by atoms with Crippen molar-refractivity contribution in [1.29, 1.82) is 0 Å². The molecule has 0 aliphatic carbocycles. The highest BCUT2D eigenvalue weighted by atomic mass is 32.2. The standard InChI is InChI=1S/C39H54O7SSi/c1-30(35(40)45-8)27-31-17-15-18-32(28-31)39(7,36(41)42)24-16-23-38(5,6)29-47(43,44)26-25-46-48(37(2,3)4,33-19-11-9-12-20-33)34-21-13-10-14-22-34/h9-15,17-22,28,30H,16,23-27,29H2,1-8H3,(H,41,42)/t30-,39?/m1/s1. The predicted molar refractivity (Wildman–Crippen MR) is 196 cm³/mol. The number of benzene rings is 3. The Kier molecular flexibility index (Phi) is 13.0. The Morgan fingerprint density at radius 3 is 1.90 bits per heavy atom. The third kappa shape index (κ3) is 9.67. The monoisotopic (exact) mass is 694 g/mol. The van der Waals surface area contributed by atoms with E-state index >= 15 is 0 Å². The van der Waals surface area contributed by atoms with Crippen molar-refractivity contribution in [3.8, 4) is 0 Å². The molecule has 0 aliphatic rings. The topological polar surface area (TPSA) is 107 Å². The van der Waals surface area contributed by atoms with E-state index < -0.39 is 35.0 Å². The van der Waals surface area contributed by atoms with Crippen LogP contribution in [0, 0.1) is 11.3 Å². The molecule has 262 valence electrons. The average molecular weight is 695 g/mol. The van der Waals surface area contributed by atoms with Crippen LogP contribution in [0.4, 0.5) is 0 Å². The number of rotatable bonds is 17. The van der Waals surface area contributed by atoms with Gasteiger partial charge in [0.05, 0.1) is 29.9 Å². The first-order chi connectivity index (χ1) is 22.4. The number of hydrogen-bond donors (Lipinski definition) is 1. The highest BCUT2D eigenvalue weighted by Gasteiger charge is 2.50. The van der Waals surface area contributed by atoms with Gasteiger partial charge in [-0.05, 0) is 58.1 Å². The second kappa shape index (κ2) is 16.0. The summed E-state index contributed by atoms with van der Waals surface area (Å²) in [5.74, 6) is -1.71. The van der Waals surface area contributed by atoms with E-state index in [4.69, 9.17) is 9.16 Å². The van der Waals surface area contributed by atoms with Gasteiger partial charge in [-0.15, -0.1) is 0 Å². The van der Waals surface area contributed by atoms with Crippen molar-refractivity contribution >= 4 is 40.5 Å². The first kappa shape index (κ1) is 39.2. The molecule has 0 spiro atoms. The zero-order chi connectivity index (χ0) is 35.8. The molecular formula is C39H54O7SSi. The van der Waals surface area contributed by atoms with Gasteiger partial charge in [0, 0.05) is 6.61 Å². The molecule has 0 saturated heterocycles. The minimum absolute atomic E-state index is 0.0191. The van der Waals surface area contributed by atoms with Crippen molar-refractivity contribution in [3.05, 3.63) is 96.1 Å². The Morgan fingerprint density at radius 2 is 1.40 bits per heavy atom. The lowest BCUT2D eigenvalue weighted by molar-refractivity contribution is -0.145. The summed E-state index contributed by atoms with van der Waals surface area (Å²) in [5.41, 5.74) is -0.198. The summed E-state index contributed by atoms with van der Waals surface area (Å²) in [6, 6.07) is 27.7. The lowest BCUT2D eigenvalue weighted by atomic mass is 9.75. The van der Waals surface area contributed by atoms with Gasteiger partial charge in [0.25, 0.3) is 8.32 Å². The second-order valence-electron chi connectivity index (χ2n) is 15.1. The number of carbonyl (C=O) groups is 2. The van der Waals surface area contributed by atoms with E-state index in [9.17, 15) is 23.1 Å². The van der Waals surface area contributed by atoms with Gasteiger partial charge in [0.1, 0.15) is 0 Å². The molecule has 3 aromatic rings. The van der Waals surface area contributed by atoms with Crippen molar-refractivity contribution < 1.29 is 32.3 Å². The fourth-order valence-electron chi connectivity index (χ4n) is 6.80. The zero-order valence-electron chi connectivity index (χ0n) is 29.9. The van der Waals surface area contributed by atoms with E-state index in [1.54, 1.807) is 13.8 Å². The Labute approximate surface area is 289 Å². The summed E-state index contributed by atoms with van der Waals surface area (Å²) in [5, 5.41) is 12.3. The molecular weight excluding hydrogens is 641 g/mol. The third-order valence-electron chi connectivity index (χ3n) is 9.45. The van der Waals surface area contributed by atoms with Gasteiger partial charge in [0.15, 0.2) is 9.84 Å². The van der Waals surface area contributed by atoms with E-state index in [2.05, 4.69) is 45.0 Å². The molecule has 0 bridgehead atoms. The zero-order valence-corrected chi connectivity index (χ0v) is 31.7. The minimum atomic E-state index is -3.49. The van der Waals surface area contributed by atoms with Crippen LogP contribution < -0.4 is 10.4 Å². The molecule has 3 rings (SSSR count). The minimum Gasteiger partial charge on any atom is -0.481 e. The number of sulfone groups is 1. The maximum absolute atomic E-state index is 13.5. The normalized spacial score (nSPS) is 14.6. The lowest BCUT2D eigenvalue weighted by Gasteiger charge is -2.43. The number of esters is 1. The Bertz CT molecular complexity index is 1580. The molecule has 9 heteroatoms. The van der Waals surface area contributed by atoms with Crippen LogP contribution in [-0.4, -0.2) is 59.0 Å². The quantitative estimate of drug-likeness (QED) is 0.126.